The highest BCUT2D eigenvalue weighted by Crippen LogP contribution is 2.32. The van der Waals surface area contributed by atoms with Crippen molar-refractivity contribution in [3.63, 3.8) is 0 Å². The van der Waals surface area contributed by atoms with E-state index in [1.165, 1.54) is 18.9 Å². The van der Waals surface area contributed by atoms with Crippen LogP contribution in [0.15, 0.2) is 30.3 Å². The summed E-state index contributed by atoms with van der Waals surface area (Å²) in [6.45, 7) is 2.20. The summed E-state index contributed by atoms with van der Waals surface area (Å²) in [5.74, 6) is 0.158. The largest absolute Gasteiger partial charge is 0.478 e. The van der Waals surface area contributed by atoms with Crippen LogP contribution in [0.3, 0.4) is 0 Å². The Hall–Kier alpha value is -2.10. The van der Waals surface area contributed by atoms with Crippen molar-refractivity contribution in [2.75, 3.05) is 0 Å². The van der Waals surface area contributed by atoms with Gasteiger partial charge in [-0.2, -0.15) is 0 Å². The molecule has 0 spiro atoms. The summed E-state index contributed by atoms with van der Waals surface area (Å²) in [5.41, 5.74) is 0.757. The van der Waals surface area contributed by atoms with E-state index in [0.717, 1.165) is 43.2 Å². The van der Waals surface area contributed by atoms with Gasteiger partial charge >= 0.3 is 11.9 Å². The quantitative estimate of drug-likeness (QED) is 0.483. The molecule has 23 heavy (non-hydrogen) atoms. The van der Waals surface area contributed by atoms with Crippen molar-refractivity contribution in [3.8, 4) is 5.75 Å². The Morgan fingerprint density at radius 2 is 1.83 bits per heavy atom. The maximum absolute atomic E-state index is 12.2. The van der Waals surface area contributed by atoms with Crippen molar-refractivity contribution >= 4 is 18.0 Å². The van der Waals surface area contributed by atoms with Gasteiger partial charge in [0.05, 0.1) is 5.92 Å². The van der Waals surface area contributed by atoms with Crippen molar-refractivity contribution in [3.05, 3.63) is 35.9 Å². The van der Waals surface area contributed by atoms with E-state index in [1.54, 1.807) is 24.3 Å². The molecule has 0 atom stereocenters. The molecule has 1 saturated carbocycles. The maximum Gasteiger partial charge on any atom is 0.328 e. The van der Waals surface area contributed by atoms with E-state index in [-0.39, 0.29) is 11.9 Å². The van der Waals surface area contributed by atoms with Crippen molar-refractivity contribution in [1.29, 1.82) is 0 Å². The molecule has 1 aliphatic carbocycles. The number of hydrogen-bond donors (Lipinski definition) is 1. The van der Waals surface area contributed by atoms with Crippen LogP contribution in [0, 0.1) is 11.8 Å². The molecule has 0 radical (unpaired) electrons. The van der Waals surface area contributed by atoms with Gasteiger partial charge in [-0.15, -0.1) is 0 Å². The van der Waals surface area contributed by atoms with Crippen molar-refractivity contribution in [2.45, 2.75) is 45.4 Å². The zero-order valence-electron chi connectivity index (χ0n) is 13.5. The summed E-state index contributed by atoms with van der Waals surface area (Å²) in [4.78, 5) is 22.7. The van der Waals surface area contributed by atoms with Gasteiger partial charge in [-0.3, -0.25) is 4.79 Å². The third-order valence-corrected chi connectivity index (χ3v) is 4.39. The van der Waals surface area contributed by atoms with Crippen molar-refractivity contribution in [1.82, 2.24) is 0 Å². The van der Waals surface area contributed by atoms with Gasteiger partial charge in [-0.25, -0.2) is 4.79 Å². The minimum atomic E-state index is -0.987. The first-order valence-electron chi connectivity index (χ1n) is 8.31. The van der Waals surface area contributed by atoms with Crippen molar-refractivity contribution in [2.24, 2.45) is 11.8 Å². The van der Waals surface area contributed by atoms with Gasteiger partial charge in [-0.05, 0) is 55.4 Å². The van der Waals surface area contributed by atoms with E-state index >= 15 is 0 Å². The number of benzene rings is 1. The molecule has 1 aromatic carbocycles. The second-order valence-corrected chi connectivity index (χ2v) is 6.17. The molecule has 0 bridgehead atoms. The van der Waals surface area contributed by atoms with Crippen molar-refractivity contribution < 1.29 is 19.4 Å². The highest BCUT2D eigenvalue weighted by atomic mass is 16.5. The Kier molecular flexibility index (Phi) is 6.39. The number of rotatable bonds is 6. The molecule has 0 aromatic heterocycles. The molecule has 0 amide bonds. The Labute approximate surface area is 137 Å². The Balaban J connectivity index is 1.85. The molecule has 0 aliphatic heterocycles. The monoisotopic (exact) mass is 316 g/mol. The smallest absolute Gasteiger partial charge is 0.328 e. The van der Waals surface area contributed by atoms with E-state index in [9.17, 15) is 9.59 Å². The zero-order valence-corrected chi connectivity index (χ0v) is 13.5. The molecule has 1 aromatic rings. The summed E-state index contributed by atoms with van der Waals surface area (Å²) in [7, 11) is 0. The number of carbonyl (C=O) groups excluding carboxylic acids is 1. The minimum Gasteiger partial charge on any atom is -0.478 e. The molecule has 0 saturated heterocycles. The standard InChI is InChI=1S/C19H24O4/c1-2-3-14-4-9-16(10-5-14)19(22)23-17-11-6-15(7-12-17)8-13-18(20)21/h6-8,11-14,16H,2-5,9-10H2,1H3,(H,20,21)/b13-8+. The lowest BCUT2D eigenvalue weighted by Crippen LogP contribution is -2.25. The number of aliphatic carboxylic acids is 1. The number of carboxylic acids is 1. The summed E-state index contributed by atoms with van der Waals surface area (Å²) >= 11 is 0. The number of ether oxygens (including phenoxy) is 1. The predicted octanol–water partition coefficient (Wildman–Crippen LogP) is 4.30. The topological polar surface area (TPSA) is 63.6 Å². The molecule has 1 N–H and O–H groups in total. The number of hydrogen-bond acceptors (Lipinski definition) is 3. The Morgan fingerprint density at radius 3 is 2.39 bits per heavy atom. The molecule has 4 nitrogen and oxygen atoms in total. The minimum absolute atomic E-state index is 0.00897. The third-order valence-electron chi connectivity index (χ3n) is 4.39. The molecule has 124 valence electrons. The average Bonchev–Trinajstić information content (AvgIpc) is 2.55. The van der Waals surface area contributed by atoms with Gasteiger partial charge in [0.1, 0.15) is 5.75 Å². The molecule has 2 rings (SSSR count). The summed E-state index contributed by atoms with van der Waals surface area (Å²) in [5, 5.41) is 8.59. The fourth-order valence-electron chi connectivity index (χ4n) is 3.11. The third kappa shape index (κ3) is 5.55. The fourth-order valence-corrected chi connectivity index (χ4v) is 3.11. The van der Waals surface area contributed by atoms with Gasteiger partial charge in [0.15, 0.2) is 0 Å². The lowest BCUT2D eigenvalue weighted by Gasteiger charge is -2.26. The van der Waals surface area contributed by atoms with Crippen LogP contribution in [0.5, 0.6) is 5.75 Å². The SMILES string of the molecule is CCCC1CCC(C(=O)Oc2ccc(/C=C/C(=O)O)cc2)CC1. The molecule has 1 aliphatic rings. The van der Waals surface area contributed by atoms with Crippen LogP contribution in [0.4, 0.5) is 0 Å². The molecule has 1 fully saturated rings. The highest BCUT2D eigenvalue weighted by molar-refractivity contribution is 5.85. The van der Waals surface area contributed by atoms with E-state index in [0.29, 0.717) is 5.75 Å². The fraction of sp³-hybridized carbons (Fsp3) is 0.474. The van der Waals surface area contributed by atoms with Gasteiger partial charge in [0, 0.05) is 6.08 Å². The number of carboxylic acid groups (broad SMARTS) is 1. The van der Waals surface area contributed by atoms with Gasteiger partial charge in [-0.1, -0.05) is 31.9 Å². The first kappa shape index (κ1) is 17.3. The molecular weight excluding hydrogens is 292 g/mol. The van der Waals surface area contributed by atoms with E-state index in [2.05, 4.69) is 6.92 Å². The first-order valence-corrected chi connectivity index (χ1v) is 8.31. The van der Waals surface area contributed by atoms with Gasteiger partial charge in [0.25, 0.3) is 0 Å². The zero-order chi connectivity index (χ0) is 16.7. The van der Waals surface area contributed by atoms with E-state index in [4.69, 9.17) is 9.84 Å². The van der Waals surface area contributed by atoms with E-state index < -0.39 is 5.97 Å². The Bertz CT molecular complexity index is 551. The van der Waals surface area contributed by atoms with Crippen LogP contribution in [0.2, 0.25) is 0 Å². The predicted molar refractivity (Wildman–Crippen MR) is 89.1 cm³/mol. The summed E-state index contributed by atoms with van der Waals surface area (Å²) in [6, 6.07) is 6.87. The second kappa shape index (κ2) is 8.51. The van der Waals surface area contributed by atoms with Crippen LogP contribution in [0.1, 0.15) is 51.0 Å². The van der Waals surface area contributed by atoms with Crippen LogP contribution >= 0.6 is 0 Å². The van der Waals surface area contributed by atoms with Crippen LogP contribution in [0.25, 0.3) is 6.08 Å². The van der Waals surface area contributed by atoms with Gasteiger partial charge in [0.2, 0.25) is 0 Å². The molecular formula is C19H24O4. The number of carbonyl (C=O) groups is 2. The lowest BCUT2D eigenvalue weighted by molar-refractivity contribution is -0.140. The Morgan fingerprint density at radius 1 is 1.17 bits per heavy atom. The van der Waals surface area contributed by atoms with Crippen LogP contribution < -0.4 is 4.74 Å². The van der Waals surface area contributed by atoms with E-state index in [1.807, 2.05) is 0 Å². The second-order valence-electron chi connectivity index (χ2n) is 6.17. The summed E-state index contributed by atoms with van der Waals surface area (Å²) < 4.78 is 5.45. The first-order chi connectivity index (χ1) is 11.1. The van der Waals surface area contributed by atoms with Crippen LogP contribution in [-0.4, -0.2) is 17.0 Å². The van der Waals surface area contributed by atoms with Crippen LogP contribution in [-0.2, 0) is 9.59 Å². The number of esters is 1. The highest BCUT2D eigenvalue weighted by Gasteiger charge is 2.27. The normalized spacial score (nSPS) is 21.3. The lowest BCUT2D eigenvalue weighted by atomic mass is 9.80. The average molecular weight is 316 g/mol. The molecule has 4 heteroatoms. The maximum atomic E-state index is 12.2. The summed E-state index contributed by atoms with van der Waals surface area (Å²) in [6.07, 6.45) is 9.12. The van der Waals surface area contributed by atoms with Gasteiger partial charge < -0.3 is 9.84 Å². The molecule has 0 unspecified atom stereocenters. The molecule has 0 heterocycles.